The number of imidazole rings is 1. The second-order valence-electron chi connectivity index (χ2n) is 12.7. The molecule has 244 valence electrons. The Hall–Kier alpha value is -5.97. The number of hydrazone groups is 1. The van der Waals surface area contributed by atoms with Crippen LogP contribution in [0.5, 0.6) is 0 Å². The standard InChI is InChI=1S/C38H34N8O3/c1-23-19-34(47)46(22-28-7-3-4-9-30(28)38(48)49-2)42-35(23)27-17-18-32-33(20-27)45(37(39-32)26-15-16-26)21-24-11-13-25(14-12-24)29-8-5-6-10-31(29)36-40-43-44-41-36/h3-14,17-18,20,23,26H,15-16,19,21-22H2,1-2H3,(H,40,41,43,44). The summed E-state index contributed by atoms with van der Waals surface area (Å²) in [5.74, 6) is 1.52. The molecule has 3 heterocycles. The smallest absolute Gasteiger partial charge is 0.338 e. The molecule has 1 N–H and O–H groups in total. The normalized spacial score (nSPS) is 16.2. The first-order chi connectivity index (χ1) is 24.0. The minimum absolute atomic E-state index is 0.0702. The second-order valence-corrected chi connectivity index (χ2v) is 12.7. The lowest BCUT2D eigenvalue weighted by Gasteiger charge is -2.28. The third-order valence-corrected chi connectivity index (χ3v) is 9.34. The minimum Gasteiger partial charge on any atom is -0.465 e. The molecule has 1 aliphatic heterocycles. The molecule has 4 aromatic carbocycles. The zero-order valence-corrected chi connectivity index (χ0v) is 27.2. The van der Waals surface area contributed by atoms with Crippen LogP contribution in [-0.4, -0.2) is 59.9 Å². The Balaban J connectivity index is 1.12. The number of tetrazole rings is 1. The first-order valence-electron chi connectivity index (χ1n) is 16.4. The van der Waals surface area contributed by atoms with Crippen molar-refractivity contribution in [1.82, 2.24) is 35.2 Å². The van der Waals surface area contributed by atoms with Crippen LogP contribution in [0.3, 0.4) is 0 Å². The Morgan fingerprint density at radius 2 is 1.67 bits per heavy atom. The fourth-order valence-corrected chi connectivity index (χ4v) is 6.64. The van der Waals surface area contributed by atoms with E-state index in [4.69, 9.17) is 14.8 Å². The first-order valence-corrected chi connectivity index (χ1v) is 16.4. The van der Waals surface area contributed by atoms with E-state index in [-0.39, 0.29) is 18.4 Å². The summed E-state index contributed by atoms with van der Waals surface area (Å²) in [5, 5.41) is 21.0. The Labute approximate surface area is 282 Å². The number of rotatable bonds is 9. The van der Waals surface area contributed by atoms with Crippen LogP contribution in [-0.2, 0) is 22.6 Å². The quantitative estimate of drug-likeness (QED) is 0.180. The highest BCUT2D eigenvalue weighted by molar-refractivity contribution is 6.07. The van der Waals surface area contributed by atoms with Gasteiger partial charge >= 0.3 is 5.97 Å². The van der Waals surface area contributed by atoms with Gasteiger partial charge in [-0.3, -0.25) is 4.79 Å². The van der Waals surface area contributed by atoms with Crippen molar-refractivity contribution in [3.63, 3.8) is 0 Å². The molecule has 1 amide bonds. The Morgan fingerprint density at radius 3 is 2.43 bits per heavy atom. The van der Waals surface area contributed by atoms with Crippen molar-refractivity contribution in [3.8, 4) is 22.5 Å². The highest BCUT2D eigenvalue weighted by atomic mass is 16.5. The number of amides is 1. The van der Waals surface area contributed by atoms with E-state index in [0.717, 1.165) is 63.2 Å². The molecule has 11 nitrogen and oxygen atoms in total. The summed E-state index contributed by atoms with van der Waals surface area (Å²) in [6.45, 7) is 2.89. The fourth-order valence-electron chi connectivity index (χ4n) is 6.64. The Bertz CT molecular complexity index is 2220. The van der Waals surface area contributed by atoms with Crippen LogP contribution in [0.1, 0.15) is 65.0 Å². The SMILES string of the molecule is COC(=O)c1ccccc1CN1N=C(c2ccc3nc(C4CC4)n(Cc4ccc(-c5ccccc5-c5nn[nH]n5)cc4)c3c2)C(C)CC1=O. The number of aromatic amines is 1. The van der Waals surface area contributed by atoms with Crippen LogP contribution in [0.25, 0.3) is 33.5 Å². The van der Waals surface area contributed by atoms with E-state index in [1.165, 1.54) is 12.1 Å². The van der Waals surface area contributed by atoms with Crippen molar-refractivity contribution >= 4 is 28.6 Å². The van der Waals surface area contributed by atoms with Gasteiger partial charge in [-0.05, 0) is 58.5 Å². The maximum atomic E-state index is 13.2. The van der Waals surface area contributed by atoms with Crippen LogP contribution in [0.4, 0.5) is 0 Å². The molecule has 0 spiro atoms. The molecule has 1 fully saturated rings. The van der Waals surface area contributed by atoms with Crippen molar-refractivity contribution < 1.29 is 14.3 Å². The molecule has 0 bridgehead atoms. The molecule has 49 heavy (non-hydrogen) atoms. The number of nitrogens with zero attached hydrogens (tertiary/aromatic N) is 7. The second kappa shape index (κ2) is 12.6. The van der Waals surface area contributed by atoms with Crippen molar-refractivity contribution in [1.29, 1.82) is 0 Å². The summed E-state index contributed by atoms with van der Waals surface area (Å²) in [6, 6.07) is 30.1. The molecule has 2 aliphatic rings. The molecule has 1 unspecified atom stereocenters. The molecular formula is C38H34N8O3. The number of hydrogen-bond acceptors (Lipinski definition) is 8. The van der Waals surface area contributed by atoms with Gasteiger partial charge in [-0.25, -0.2) is 14.8 Å². The molecule has 6 aromatic rings. The Morgan fingerprint density at radius 1 is 0.918 bits per heavy atom. The van der Waals surface area contributed by atoms with E-state index in [2.05, 4.69) is 73.7 Å². The molecule has 11 heteroatoms. The van der Waals surface area contributed by atoms with Gasteiger partial charge < -0.3 is 9.30 Å². The van der Waals surface area contributed by atoms with Gasteiger partial charge in [0.05, 0.1) is 36.0 Å². The van der Waals surface area contributed by atoms with Crippen LogP contribution < -0.4 is 0 Å². The topological polar surface area (TPSA) is 131 Å². The maximum Gasteiger partial charge on any atom is 0.338 e. The van der Waals surface area contributed by atoms with E-state index in [0.29, 0.717) is 35.8 Å². The van der Waals surface area contributed by atoms with E-state index in [1.807, 2.05) is 37.3 Å². The van der Waals surface area contributed by atoms with Crippen LogP contribution in [0, 0.1) is 5.92 Å². The number of carbonyl (C=O) groups is 2. The number of aromatic nitrogens is 6. The van der Waals surface area contributed by atoms with E-state index >= 15 is 0 Å². The molecule has 1 atom stereocenters. The molecule has 0 radical (unpaired) electrons. The largest absolute Gasteiger partial charge is 0.465 e. The van der Waals surface area contributed by atoms with Gasteiger partial charge in [-0.1, -0.05) is 79.7 Å². The van der Waals surface area contributed by atoms with Crippen LogP contribution in [0.2, 0.25) is 0 Å². The van der Waals surface area contributed by atoms with Crippen LogP contribution >= 0.6 is 0 Å². The zero-order chi connectivity index (χ0) is 33.5. The van der Waals surface area contributed by atoms with E-state index in [9.17, 15) is 9.59 Å². The van der Waals surface area contributed by atoms with Gasteiger partial charge in [0.1, 0.15) is 5.82 Å². The number of benzene rings is 4. The van der Waals surface area contributed by atoms with Gasteiger partial charge in [-0.15, -0.1) is 10.2 Å². The maximum absolute atomic E-state index is 13.2. The number of ether oxygens (including phenoxy) is 1. The Kier molecular flexibility index (Phi) is 7.79. The summed E-state index contributed by atoms with van der Waals surface area (Å²) >= 11 is 0. The summed E-state index contributed by atoms with van der Waals surface area (Å²) in [5.41, 5.74) is 9.08. The summed E-state index contributed by atoms with van der Waals surface area (Å²) in [4.78, 5) is 30.7. The number of H-pyrrole nitrogens is 1. The van der Waals surface area contributed by atoms with Crippen molar-refractivity contribution in [2.24, 2.45) is 11.0 Å². The number of hydrogen-bond donors (Lipinski definition) is 1. The minimum atomic E-state index is -0.439. The molecule has 1 saturated carbocycles. The van der Waals surface area contributed by atoms with Gasteiger partial charge in [-0.2, -0.15) is 10.3 Å². The van der Waals surface area contributed by atoms with Crippen molar-refractivity contribution in [2.45, 2.75) is 45.2 Å². The number of nitrogens with one attached hydrogen (secondary N) is 1. The summed E-state index contributed by atoms with van der Waals surface area (Å²) in [7, 11) is 1.35. The number of esters is 1. The lowest BCUT2D eigenvalue weighted by molar-refractivity contribution is -0.133. The highest BCUT2D eigenvalue weighted by Gasteiger charge is 2.31. The van der Waals surface area contributed by atoms with E-state index in [1.54, 1.807) is 12.1 Å². The lowest BCUT2D eigenvalue weighted by Crippen LogP contribution is -2.36. The van der Waals surface area contributed by atoms with Crippen LogP contribution in [0.15, 0.2) is 96.1 Å². The van der Waals surface area contributed by atoms with Gasteiger partial charge in [0.25, 0.3) is 0 Å². The molecule has 2 aromatic heterocycles. The molecule has 0 saturated heterocycles. The third kappa shape index (κ3) is 5.88. The number of methoxy groups -OCH3 is 1. The fraction of sp³-hybridized carbons (Fsp3) is 0.237. The van der Waals surface area contributed by atoms with E-state index < -0.39 is 5.97 Å². The molecular weight excluding hydrogens is 616 g/mol. The predicted octanol–water partition coefficient (Wildman–Crippen LogP) is 6.37. The lowest BCUT2D eigenvalue weighted by atomic mass is 9.93. The van der Waals surface area contributed by atoms with Crippen molar-refractivity contribution in [3.05, 3.63) is 119 Å². The summed E-state index contributed by atoms with van der Waals surface area (Å²) in [6.07, 6.45) is 2.59. The van der Waals surface area contributed by atoms with Gasteiger partial charge in [0, 0.05) is 35.9 Å². The highest BCUT2D eigenvalue weighted by Crippen LogP contribution is 2.41. The molecule has 8 rings (SSSR count). The predicted molar refractivity (Wildman–Crippen MR) is 185 cm³/mol. The molecule has 1 aliphatic carbocycles. The average Bonchev–Trinajstić information content (AvgIpc) is 3.70. The zero-order valence-electron chi connectivity index (χ0n) is 27.2. The monoisotopic (exact) mass is 650 g/mol. The number of fused-ring (bicyclic) bond motifs is 1. The van der Waals surface area contributed by atoms with Gasteiger partial charge in [0.15, 0.2) is 0 Å². The van der Waals surface area contributed by atoms with Crippen molar-refractivity contribution in [2.75, 3.05) is 7.11 Å². The average molecular weight is 651 g/mol. The first kappa shape index (κ1) is 30.4. The van der Waals surface area contributed by atoms with Gasteiger partial charge in [0.2, 0.25) is 11.7 Å². The summed E-state index contributed by atoms with van der Waals surface area (Å²) < 4.78 is 7.30. The number of carbonyl (C=O) groups excluding carboxylic acids is 2. The third-order valence-electron chi connectivity index (χ3n) is 9.34.